The standard InChI is InChI=1S/C53H78O11/c1-6-7-8-9-10-11-12-13-14-15-16-19-25-30-40(54)60-34-50-46(61-50)42-45-49(35(2)3)32-39(33-59-47(56)38-28-23-21-24-29-38)53(42)43-41(37(5)44(55)52(43,58)48(50)57)36(4)27-22-18-17-20-26-31-51(62-45,63-49)64-53/h21,23-24,28-29,36-37,39,41-43,45-46,48,57-58H,2,6-20,22,25-27,30-34H2,1,3-5H3/t36-,37-,39-,41-,42?,43+,45+,46-,48+,49+,50-,51+,52+,53?/m0/s1. The number of fused-ring (bicyclic) bond motifs is 1. The van der Waals surface area contributed by atoms with Crippen LogP contribution in [0.2, 0.25) is 0 Å². The summed E-state index contributed by atoms with van der Waals surface area (Å²) in [5.41, 5.74) is -5.39. The second kappa shape index (κ2) is 19.5. The summed E-state index contributed by atoms with van der Waals surface area (Å²) in [6, 6.07) is 8.82. The minimum absolute atomic E-state index is 0.0355. The highest BCUT2D eigenvalue weighted by molar-refractivity contribution is 5.94. The second-order valence-corrected chi connectivity index (χ2v) is 21.2. The topological polar surface area (TPSA) is 150 Å². The molecule has 4 aliphatic heterocycles. The summed E-state index contributed by atoms with van der Waals surface area (Å²) < 4.78 is 40.8. The fourth-order valence-electron chi connectivity index (χ4n) is 13.8. The van der Waals surface area contributed by atoms with Crippen molar-refractivity contribution < 1.29 is 53.0 Å². The third-order valence-corrected chi connectivity index (χ3v) is 17.1. The minimum atomic E-state index is -2.35. The molecule has 0 aromatic heterocycles. The molecule has 0 amide bonds. The second-order valence-electron chi connectivity index (χ2n) is 21.2. The Morgan fingerprint density at radius 3 is 2.14 bits per heavy atom. The Hall–Kier alpha value is -2.67. The predicted molar refractivity (Wildman–Crippen MR) is 241 cm³/mol. The number of ketones is 1. The summed E-state index contributed by atoms with van der Waals surface area (Å²) in [4.78, 5) is 42.3. The smallest absolute Gasteiger partial charge is 0.338 e. The third kappa shape index (κ3) is 8.37. The lowest BCUT2D eigenvalue weighted by atomic mass is 9.51. The van der Waals surface area contributed by atoms with E-state index >= 15 is 4.79 Å². The van der Waals surface area contributed by atoms with Gasteiger partial charge in [0.05, 0.1) is 17.8 Å². The summed E-state index contributed by atoms with van der Waals surface area (Å²) in [7, 11) is 0. The van der Waals surface area contributed by atoms with Gasteiger partial charge in [-0.2, -0.15) is 0 Å². The van der Waals surface area contributed by atoms with Gasteiger partial charge in [-0.05, 0) is 55.7 Å². The molecule has 2 N–H and O–H groups in total. The zero-order chi connectivity index (χ0) is 45.3. The Kier molecular flexibility index (Phi) is 14.6. The molecule has 4 saturated heterocycles. The number of aliphatic hydroxyl groups excluding tert-OH is 1. The predicted octanol–water partition coefficient (Wildman–Crippen LogP) is 9.73. The van der Waals surface area contributed by atoms with E-state index in [1.807, 2.05) is 19.9 Å². The zero-order valence-corrected chi connectivity index (χ0v) is 39.3. The first kappa shape index (κ1) is 47.8. The van der Waals surface area contributed by atoms with Gasteiger partial charge in [-0.3, -0.25) is 9.59 Å². The van der Waals surface area contributed by atoms with Gasteiger partial charge in [-0.15, -0.1) is 0 Å². The van der Waals surface area contributed by atoms with E-state index in [4.69, 9.17) is 28.4 Å². The van der Waals surface area contributed by atoms with Crippen LogP contribution in [0.15, 0.2) is 42.5 Å². The number of rotatable bonds is 20. The number of unbranched alkanes of at least 4 members (excludes halogenated alkanes) is 12. The molecule has 14 atom stereocenters. The molecule has 7 aliphatic rings. The molecular weight excluding hydrogens is 813 g/mol. The van der Waals surface area contributed by atoms with Gasteiger partial charge in [0.2, 0.25) is 0 Å². The van der Waals surface area contributed by atoms with Crippen molar-refractivity contribution in [3.8, 4) is 0 Å². The first-order valence-corrected chi connectivity index (χ1v) is 25.6. The van der Waals surface area contributed by atoms with Crippen LogP contribution in [0.3, 0.4) is 0 Å². The van der Waals surface area contributed by atoms with E-state index in [-0.39, 0.29) is 32.0 Å². The van der Waals surface area contributed by atoms with Crippen molar-refractivity contribution in [2.75, 3.05) is 13.2 Å². The molecule has 2 spiro atoms. The van der Waals surface area contributed by atoms with Crippen LogP contribution < -0.4 is 0 Å². The van der Waals surface area contributed by atoms with Crippen LogP contribution in [0.5, 0.6) is 0 Å². The molecular formula is C53H78O11. The number of epoxide rings is 1. The molecule has 3 bridgehead atoms. The van der Waals surface area contributed by atoms with Gasteiger partial charge in [0.25, 0.3) is 5.97 Å². The molecule has 64 heavy (non-hydrogen) atoms. The average molecular weight is 891 g/mol. The highest BCUT2D eigenvalue weighted by Gasteiger charge is 2.90. The summed E-state index contributed by atoms with van der Waals surface area (Å²) >= 11 is 0. The SMILES string of the molecule is C=C(C)[C@]12C[C@@H](COC(=O)c3ccccc3)C34O[C@@]5(CCCCCCC[C@H](C)[C@H]6[C@H](C)C(=O)[C@@](O)([C@H](O)[C@@]7(COC(=O)CCCCCCCCCCCCCCC)O[C@H]7C3[C@H]1O5)[C@@H]64)O2. The average Bonchev–Trinajstić information content (AvgIpc) is 3.92. The highest BCUT2D eigenvalue weighted by Crippen LogP contribution is 2.75. The highest BCUT2D eigenvalue weighted by atomic mass is 16.9. The van der Waals surface area contributed by atoms with Crippen LogP contribution in [-0.4, -0.2) is 87.8 Å². The lowest BCUT2D eigenvalue weighted by Gasteiger charge is -2.61. The van der Waals surface area contributed by atoms with Crippen molar-refractivity contribution >= 4 is 17.7 Å². The summed E-state index contributed by atoms with van der Waals surface area (Å²) in [6.45, 7) is 12.2. The quantitative estimate of drug-likeness (QED) is 0.0558. The number of Topliss-reactive ketones (excluding diaryl/α,β-unsaturated/α-hetero) is 1. The van der Waals surface area contributed by atoms with E-state index in [9.17, 15) is 19.8 Å². The monoisotopic (exact) mass is 891 g/mol. The number of benzene rings is 1. The van der Waals surface area contributed by atoms with E-state index in [1.165, 1.54) is 57.8 Å². The van der Waals surface area contributed by atoms with Crippen molar-refractivity contribution in [3.05, 3.63) is 48.0 Å². The van der Waals surface area contributed by atoms with Gasteiger partial charge in [-0.25, -0.2) is 4.79 Å². The van der Waals surface area contributed by atoms with Crippen LogP contribution in [0.25, 0.3) is 0 Å². The molecule has 3 saturated carbocycles. The van der Waals surface area contributed by atoms with Gasteiger partial charge in [-0.1, -0.05) is 155 Å². The van der Waals surface area contributed by atoms with Gasteiger partial charge in [0, 0.05) is 36.5 Å². The zero-order valence-electron chi connectivity index (χ0n) is 39.3. The Morgan fingerprint density at radius 1 is 0.828 bits per heavy atom. The summed E-state index contributed by atoms with van der Waals surface area (Å²) in [6.07, 6.45) is 18.8. The van der Waals surface area contributed by atoms with E-state index in [1.54, 1.807) is 24.3 Å². The van der Waals surface area contributed by atoms with Crippen molar-refractivity contribution in [1.29, 1.82) is 0 Å². The molecule has 3 aliphatic carbocycles. The fraction of sp³-hybridized carbons (Fsp3) is 0.792. The van der Waals surface area contributed by atoms with E-state index in [2.05, 4.69) is 20.4 Å². The van der Waals surface area contributed by atoms with Gasteiger partial charge < -0.3 is 38.6 Å². The fourth-order valence-corrected chi connectivity index (χ4v) is 13.8. The number of aliphatic hydroxyl groups is 2. The number of hydrogen-bond acceptors (Lipinski definition) is 11. The van der Waals surface area contributed by atoms with Crippen LogP contribution >= 0.6 is 0 Å². The number of carbonyl (C=O) groups is 3. The molecule has 1 aromatic rings. The number of carbonyl (C=O) groups excluding carboxylic acids is 3. The van der Waals surface area contributed by atoms with Crippen molar-refractivity contribution in [1.82, 2.24) is 0 Å². The molecule has 1 aromatic carbocycles. The lowest BCUT2D eigenvalue weighted by Crippen LogP contribution is -2.74. The molecule has 4 heterocycles. The third-order valence-electron chi connectivity index (χ3n) is 17.1. The van der Waals surface area contributed by atoms with Crippen molar-refractivity contribution in [2.45, 2.75) is 216 Å². The van der Waals surface area contributed by atoms with Gasteiger partial charge in [0.1, 0.15) is 30.5 Å². The van der Waals surface area contributed by atoms with E-state index in [0.29, 0.717) is 18.4 Å². The molecule has 356 valence electrons. The first-order chi connectivity index (χ1) is 30.8. The molecule has 2 unspecified atom stereocenters. The van der Waals surface area contributed by atoms with Crippen molar-refractivity contribution in [2.24, 2.45) is 35.5 Å². The first-order valence-electron chi connectivity index (χ1n) is 25.6. The number of ether oxygens (including phenoxy) is 6. The summed E-state index contributed by atoms with van der Waals surface area (Å²) in [5, 5.41) is 26.4. The Morgan fingerprint density at radius 2 is 1.47 bits per heavy atom. The summed E-state index contributed by atoms with van der Waals surface area (Å²) in [5.74, 6) is -6.32. The maximum atomic E-state index is 15.1. The number of hydrogen-bond donors (Lipinski definition) is 2. The van der Waals surface area contributed by atoms with Crippen LogP contribution in [0.4, 0.5) is 0 Å². The van der Waals surface area contributed by atoms with Crippen molar-refractivity contribution in [3.63, 3.8) is 0 Å². The maximum Gasteiger partial charge on any atom is 0.338 e. The Labute approximate surface area is 382 Å². The Balaban J connectivity index is 1.07. The normalized spacial score (nSPS) is 40.7. The molecule has 0 radical (unpaired) electrons. The maximum absolute atomic E-state index is 15.1. The van der Waals surface area contributed by atoms with Crippen LogP contribution in [-0.2, 0) is 38.0 Å². The molecule has 7 fully saturated rings. The van der Waals surface area contributed by atoms with Crippen LogP contribution in [0.1, 0.15) is 179 Å². The molecule has 8 rings (SSSR count). The molecule has 11 heteroatoms. The molecule has 11 nitrogen and oxygen atoms in total. The largest absolute Gasteiger partial charge is 0.462 e. The van der Waals surface area contributed by atoms with E-state index in [0.717, 1.165) is 63.4 Å². The lowest BCUT2D eigenvalue weighted by molar-refractivity contribution is -0.438. The van der Waals surface area contributed by atoms with Crippen LogP contribution in [0, 0.1) is 35.5 Å². The van der Waals surface area contributed by atoms with E-state index < -0.39 is 94.0 Å². The number of esters is 2. The minimum Gasteiger partial charge on any atom is -0.462 e. The van der Waals surface area contributed by atoms with Gasteiger partial charge >= 0.3 is 11.9 Å². The van der Waals surface area contributed by atoms with Gasteiger partial charge in [0.15, 0.2) is 17.0 Å². The Bertz CT molecular complexity index is 1820.